The molecule has 3 rings (SSSR count). The molecular weight excluding hydrogens is 376 g/mol. The second-order valence-corrected chi connectivity index (χ2v) is 7.85. The maximum atomic E-state index is 12.6. The fraction of sp³-hybridized carbons (Fsp3) is 0.381. The number of hydrogen-bond donors (Lipinski definition) is 1. The van der Waals surface area contributed by atoms with E-state index in [9.17, 15) is 4.79 Å². The zero-order valence-electron chi connectivity index (χ0n) is 14.9. The van der Waals surface area contributed by atoms with Crippen LogP contribution in [0, 0.1) is 19.8 Å². The van der Waals surface area contributed by atoms with Crippen LogP contribution in [0.1, 0.15) is 29.5 Å². The third kappa shape index (κ3) is 4.71. The summed E-state index contributed by atoms with van der Waals surface area (Å²) in [6.07, 6.45) is 1.84. The number of anilines is 1. The predicted molar refractivity (Wildman–Crippen MR) is 107 cm³/mol. The Morgan fingerprint density at radius 2 is 1.76 bits per heavy atom. The Balaban J connectivity index is 1.54. The number of likely N-dealkylation sites (tertiary alicyclic amines) is 1. The van der Waals surface area contributed by atoms with Gasteiger partial charge in [-0.25, -0.2) is 0 Å². The number of aryl methyl sites for hydroxylation is 2. The van der Waals surface area contributed by atoms with Crippen LogP contribution in [0.5, 0.6) is 0 Å². The van der Waals surface area contributed by atoms with Gasteiger partial charge in [0.25, 0.3) is 0 Å². The van der Waals surface area contributed by atoms with Gasteiger partial charge in [-0.2, -0.15) is 0 Å². The summed E-state index contributed by atoms with van der Waals surface area (Å²) in [7, 11) is 0. The topological polar surface area (TPSA) is 32.3 Å². The summed E-state index contributed by atoms with van der Waals surface area (Å²) in [5.74, 6) is 0.275. The number of amides is 1. The molecular formula is C21H25BrN2O. The number of carbonyl (C=O) groups excluding carboxylic acids is 1. The van der Waals surface area contributed by atoms with E-state index in [0.29, 0.717) is 0 Å². The highest BCUT2D eigenvalue weighted by atomic mass is 79.9. The van der Waals surface area contributed by atoms with Crippen LogP contribution in [0.3, 0.4) is 0 Å². The standard InChI is InChI=1S/C21H25BrN2O/c1-15-5-3-6-16(2)20(15)23-21(25)18-9-11-24(12-10-18)14-17-7-4-8-19(22)13-17/h3-8,13,18H,9-12,14H2,1-2H3,(H,23,25). The number of para-hydroxylation sites is 1. The zero-order valence-corrected chi connectivity index (χ0v) is 16.5. The van der Waals surface area contributed by atoms with Crippen molar-refractivity contribution in [3.63, 3.8) is 0 Å². The monoisotopic (exact) mass is 400 g/mol. The van der Waals surface area contributed by atoms with E-state index in [0.717, 1.165) is 53.8 Å². The largest absolute Gasteiger partial charge is 0.325 e. The van der Waals surface area contributed by atoms with Crippen LogP contribution in [0.15, 0.2) is 46.9 Å². The fourth-order valence-corrected chi connectivity index (χ4v) is 3.93. The van der Waals surface area contributed by atoms with Gasteiger partial charge in [-0.3, -0.25) is 9.69 Å². The first-order valence-corrected chi connectivity index (χ1v) is 9.66. The lowest BCUT2D eigenvalue weighted by Gasteiger charge is -2.31. The predicted octanol–water partition coefficient (Wildman–Crippen LogP) is 4.92. The van der Waals surface area contributed by atoms with Crippen LogP contribution < -0.4 is 5.32 Å². The zero-order chi connectivity index (χ0) is 17.8. The van der Waals surface area contributed by atoms with Crippen molar-refractivity contribution in [2.75, 3.05) is 18.4 Å². The van der Waals surface area contributed by atoms with Crippen LogP contribution in [-0.2, 0) is 11.3 Å². The molecule has 4 heteroatoms. The Hall–Kier alpha value is -1.65. The fourth-order valence-electron chi connectivity index (χ4n) is 3.48. The van der Waals surface area contributed by atoms with Crippen molar-refractivity contribution in [2.24, 2.45) is 5.92 Å². The average Bonchev–Trinajstić information content (AvgIpc) is 2.59. The Morgan fingerprint density at radius 3 is 2.40 bits per heavy atom. The maximum Gasteiger partial charge on any atom is 0.227 e. The molecule has 1 aliphatic heterocycles. The minimum atomic E-state index is 0.109. The molecule has 3 nitrogen and oxygen atoms in total. The third-order valence-electron chi connectivity index (χ3n) is 4.98. The first kappa shape index (κ1) is 18.2. The summed E-state index contributed by atoms with van der Waals surface area (Å²) in [5, 5.41) is 3.16. The summed E-state index contributed by atoms with van der Waals surface area (Å²) >= 11 is 3.53. The molecule has 0 saturated carbocycles. The average molecular weight is 401 g/mol. The molecule has 0 unspecified atom stereocenters. The highest BCUT2D eigenvalue weighted by Crippen LogP contribution is 2.24. The van der Waals surface area contributed by atoms with Gasteiger partial charge in [0, 0.05) is 22.6 Å². The normalized spacial score (nSPS) is 16.0. The van der Waals surface area contributed by atoms with Crippen LogP contribution in [0.2, 0.25) is 0 Å². The minimum absolute atomic E-state index is 0.109. The van der Waals surface area contributed by atoms with Crippen molar-refractivity contribution in [1.82, 2.24) is 4.90 Å². The van der Waals surface area contributed by atoms with Crippen molar-refractivity contribution in [1.29, 1.82) is 0 Å². The number of carbonyl (C=O) groups is 1. The molecule has 2 aromatic carbocycles. The van der Waals surface area contributed by atoms with Crippen molar-refractivity contribution in [2.45, 2.75) is 33.2 Å². The molecule has 1 amide bonds. The number of piperidine rings is 1. The van der Waals surface area contributed by atoms with Crippen LogP contribution in [0.4, 0.5) is 5.69 Å². The lowest BCUT2D eigenvalue weighted by Crippen LogP contribution is -2.37. The Morgan fingerprint density at radius 1 is 1.12 bits per heavy atom. The second kappa shape index (κ2) is 8.15. The lowest BCUT2D eigenvalue weighted by atomic mass is 9.95. The van der Waals surface area contributed by atoms with E-state index in [1.54, 1.807) is 0 Å². The molecule has 1 saturated heterocycles. The first-order chi connectivity index (χ1) is 12.0. The van der Waals surface area contributed by atoms with Gasteiger partial charge in [0.2, 0.25) is 5.91 Å². The molecule has 0 radical (unpaired) electrons. The number of rotatable bonds is 4. The minimum Gasteiger partial charge on any atom is -0.325 e. The lowest BCUT2D eigenvalue weighted by molar-refractivity contribution is -0.121. The molecule has 1 aliphatic rings. The van der Waals surface area contributed by atoms with E-state index >= 15 is 0 Å². The third-order valence-corrected chi connectivity index (χ3v) is 5.48. The van der Waals surface area contributed by atoms with Crippen LogP contribution >= 0.6 is 15.9 Å². The second-order valence-electron chi connectivity index (χ2n) is 6.94. The molecule has 0 bridgehead atoms. The summed E-state index contributed by atoms with van der Waals surface area (Å²) in [6, 6.07) is 14.6. The van der Waals surface area contributed by atoms with E-state index in [2.05, 4.69) is 44.3 Å². The molecule has 0 atom stereocenters. The molecule has 0 spiro atoms. The van der Waals surface area contributed by atoms with Crippen molar-refractivity contribution < 1.29 is 4.79 Å². The Bertz CT molecular complexity index is 731. The van der Waals surface area contributed by atoms with Crippen molar-refractivity contribution in [3.8, 4) is 0 Å². The van der Waals surface area contributed by atoms with Crippen molar-refractivity contribution in [3.05, 3.63) is 63.6 Å². The van der Waals surface area contributed by atoms with E-state index in [-0.39, 0.29) is 11.8 Å². The summed E-state index contributed by atoms with van der Waals surface area (Å²) in [6.45, 7) is 6.98. The van der Waals surface area contributed by atoms with Gasteiger partial charge in [-0.05, 0) is 68.6 Å². The van der Waals surface area contributed by atoms with E-state index in [1.165, 1.54) is 5.56 Å². The molecule has 1 fully saturated rings. The van der Waals surface area contributed by atoms with Crippen molar-refractivity contribution >= 4 is 27.5 Å². The van der Waals surface area contributed by atoms with Gasteiger partial charge in [0.15, 0.2) is 0 Å². The van der Waals surface area contributed by atoms with Gasteiger partial charge >= 0.3 is 0 Å². The number of nitrogens with one attached hydrogen (secondary N) is 1. The SMILES string of the molecule is Cc1cccc(C)c1NC(=O)C1CCN(Cc2cccc(Br)c2)CC1. The van der Waals surface area contributed by atoms with Gasteiger partial charge in [0.05, 0.1) is 0 Å². The number of halogens is 1. The van der Waals surface area contributed by atoms with Gasteiger partial charge in [-0.1, -0.05) is 46.3 Å². The van der Waals surface area contributed by atoms with Crippen LogP contribution in [-0.4, -0.2) is 23.9 Å². The smallest absolute Gasteiger partial charge is 0.227 e. The number of hydrogen-bond acceptors (Lipinski definition) is 2. The molecule has 0 aliphatic carbocycles. The Labute approximate surface area is 158 Å². The molecule has 0 aromatic heterocycles. The Kier molecular flexibility index (Phi) is 5.92. The van der Waals surface area contributed by atoms with Gasteiger partial charge in [-0.15, -0.1) is 0 Å². The van der Waals surface area contributed by atoms with E-state index in [4.69, 9.17) is 0 Å². The highest BCUT2D eigenvalue weighted by molar-refractivity contribution is 9.10. The van der Waals surface area contributed by atoms with Gasteiger partial charge in [0.1, 0.15) is 0 Å². The molecule has 1 N–H and O–H groups in total. The van der Waals surface area contributed by atoms with Gasteiger partial charge < -0.3 is 5.32 Å². The molecule has 25 heavy (non-hydrogen) atoms. The number of benzene rings is 2. The highest BCUT2D eigenvalue weighted by Gasteiger charge is 2.25. The quantitative estimate of drug-likeness (QED) is 0.789. The summed E-state index contributed by atoms with van der Waals surface area (Å²) in [5.41, 5.74) is 4.54. The molecule has 1 heterocycles. The van der Waals surface area contributed by atoms with E-state index in [1.807, 2.05) is 38.1 Å². The molecule has 132 valence electrons. The summed E-state index contributed by atoms with van der Waals surface area (Å²) < 4.78 is 1.12. The van der Waals surface area contributed by atoms with E-state index < -0.39 is 0 Å². The van der Waals surface area contributed by atoms with Crippen LogP contribution in [0.25, 0.3) is 0 Å². The summed E-state index contributed by atoms with van der Waals surface area (Å²) in [4.78, 5) is 15.1. The first-order valence-electron chi connectivity index (χ1n) is 8.87. The maximum absolute atomic E-state index is 12.6. The molecule has 2 aromatic rings. The number of nitrogens with zero attached hydrogens (tertiary/aromatic N) is 1.